The molecule has 2 rings (SSSR count). The fourth-order valence-corrected chi connectivity index (χ4v) is 1.69. The Hall–Kier alpha value is -2.13. The van der Waals surface area contributed by atoms with Gasteiger partial charge in [-0.25, -0.2) is 4.39 Å². The third-order valence-corrected chi connectivity index (χ3v) is 2.62. The third-order valence-electron chi connectivity index (χ3n) is 2.39. The Balaban J connectivity index is 1.99. The van der Waals surface area contributed by atoms with Gasteiger partial charge in [0.05, 0.1) is 0 Å². The molecule has 0 bridgehead atoms. The summed E-state index contributed by atoms with van der Waals surface area (Å²) in [6.07, 6.45) is 2.99. The van der Waals surface area contributed by atoms with E-state index >= 15 is 0 Å². The number of benzene rings is 2. The van der Waals surface area contributed by atoms with Crippen LogP contribution in [0.1, 0.15) is 5.56 Å². The molecule has 0 radical (unpaired) electrons. The Kier molecular flexibility index (Phi) is 4.31. The lowest BCUT2D eigenvalue weighted by Gasteiger charge is -2.01. The van der Waals surface area contributed by atoms with E-state index < -0.39 is 0 Å². The van der Waals surface area contributed by atoms with Gasteiger partial charge in [0, 0.05) is 16.8 Å². The van der Waals surface area contributed by atoms with E-state index in [-0.39, 0.29) is 11.7 Å². The molecule has 2 aromatic rings. The zero-order valence-electron chi connectivity index (χ0n) is 9.94. The minimum atomic E-state index is -0.305. The fraction of sp³-hybridized carbons (Fsp3) is 0. The van der Waals surface area contributed by atoms with Crippen molar-refractivity contribution in [1.82, 2.24) is 0 Å². The van der Waals surface area contributed by atoms with Gasteiger partial charge in [-0.2, -0.15) is 0 Å². The van der Waals surface area contributed by atoms with Crippen LogP contribution in [0.2, 0.25) is 5.02 Å². The van der Waals surface area contributed by atoms with Crippen LogP contribution in [0.3, 0.4) is 0 Å². The number of carbonyl (C=O) groups is 1. The van der Waals surface area contributed by atoms with Crippen LogP contribution in [0.5, 0.6) is 0 Å². The zero-order chi connectivity index (χ0) is 13.7. The summed E-state index contributed by atoms with van der Waals surface area (Å²) in [5.74, 6) is -0.577. The van der Waals surface area contributed by atoms with Crippen molar-refractivity contribution in [2.24, 2.45) is 0 Å². The Morgan fingerprint density at radius 3 is 2.58 bits per heavy atom. The van der Waals surface area contributed by atoms with E-state index in [0.717, 1.165) is 5.56 Å². The van der Waals surface area contributed by atoms with E-state index in [1.54, 1.807) is 42.5 Å². The van der Waals surface area contributed by atoms with Crippen LogP contribution < -0.4 is 5.32 Å². The molecule has 2 nitrogen and oxygen atoms in total. The molecule has 0 saturated heterocycles. The first-order chi connectivity index (χ1) is 9.13. The molecule has 1 N–H and O–H groups in total. The molecule has 19 heavy (non-hydrogen) atoms. The van der Waals surface area contributed by atoms with Crippen molar-refractivity contribution >= 4 is 29.3 Å². The summed E-state index contributed by atoms with van der Waals surface area (Å²) in [6, 6.07) is 12.8. The third kappa shape index (κ3) is 4.23. The van der Waals surface area contributed by atoms with Crippen molar-refractivity contribution in [3.8, 4) is 0 Å². The smallest absolute Gasteiger partial charge is 0.248 e. The van der Waals surface area contributed by atoms with E-state index in [4.69, 9.17) is 11.6 Å². The first-order valence-electron chi connectivity index (χ1n) is 5.64. The van der Waals surface area contributed by atoms with Gasteiger partial charge in [-0.05, 0) is 42.0 Å². The molecule has 0 unspecified atom stereocenters. The van der Waals surface area contributed by atoms with Crippen molar-refractivity contribution in [2.45, 2.75) is 0 Å². The summed E-state index contributed by atoms with van der Waals surface area (Å²) in [5.41, 5.74) is 1.38. The molecule has 0 aliphatic rings. The van der Waals surface area contributed by atoms with Crippen LogP contribution in [-0.2, 0) is 4.79 Å². The first-order valence-corrected chi connectivity index (χ1v) is 6.01. The molecule has 2 aromatic carbocycles. The maximum absolute atomic E-state index is 12.7. The Morgan fingerprint density at radius 2 is 1.89 bits per heavy atom. The highest BCUT2D eigenvalue weighted by Crippen LogP contribution is 2.14. The molecule has 0 atom stereocenters. The molecular formula is C15H11ClFNO. The summed E-state index contributed by atoms with van der Waals surface area (Å²) < 4.78 is 12.7. The van der Waals surface area contributed by atoms with Crippen molar-refractivity contribution in [2.75, 3.05) is 5.32 Å². The minimum absolute atomic E-state index is 0.272. The second-order valence-corrected chi connectivity index (χ2v) is 4.32. The number of nitrogens with one attached hydrogen (secondary N) is 1. The highest BCUT2D eigenvalue weighted by atomic mass is 35.5. The number of carbonyl (C=O) groups excluding carboxylic acids is 1. The van der Waals surface area contributed by atoms with E-state index in [1.807, 2.05) is 0 Å². The predicted octanol–water partition coefficient (Wildman–Crippen LogP) is 4.13. The quantitative estimate of drug-likeness (QED) is 0.839. The van der Waals surface area contributed by atoms with Crippen LogP contribution >= 0.6 is 11.6 Å². The van der Waals surface area contributed by atoms with E-state index in [0.29, 0.717) is 10.7 Å². The molecule has 0 saturated carbocycles. The molecule has 96 valence electrons. The van der Waals surface area contributed by atoms with Crippen molar-refractivity contribution in [3.05, 3.63) is 71.0 Å². The number of anilines is 1. The summed E-state index contributed by atoms with van der Waals surface area (Å²) in [4.78, 5) is 11.6. The largest absolute Gasteiger partial charge is 0.322 e. The molecule has 0 aromatic heterocycles. The maximum atomic E-state index is 12.7. The molecule has 0 spiro atoms. The number of amides is 1. The van der Waals surface area contributed by atoms with Crippen LogP contribution in [0, 0.1) is 5.82 Å². The molecule has 0 aliphatic carbocycles. The van der Waals surface area contributed by atoms with Crippen LogP contribution in [-0.4, -0.2) is 5.91 Å². The first kappa shape index (κ1) is 13.3. The van der Waals surface area contributed by atoms with Gasteiger partial charge in [0.25, 0.3) is 0 Å². The molecule has 0 heterocycles. The zero-order valence-corrected chi connectivity index (χ0v) is 10.7. The van der Waals surface area contributed by atoms with Crippen molar-refractivity contribution < 1.29 is 9.18 Å². The molecule has 4 heteroatoms. The summed E-state index contributed by atoms with van der Waals surface area (Å²) in [6.45, 7) is 0. The average Bonchev–Trinajstić information content (AvgIpc) is 2.38. The summed E-state index contributed by atoms with van der Waals surface area (Å²) in [7, 11) is 0. The number of hydrogen-bond donors (Lipinski definition) is 1. The number of hydrogen-bond acceptors (Lipinski definition) is 1. The lowest BCUT2D eigenvalue weighted by Crippen LogP contribution is -2.07. The molecular weight excluding hydrogens is 265 g/mol. The van der Waals surface area contributed by atoms with Crippen molar-refractivity contribution in [1.29, 1.82) is 0 Å². The lowest BCUT2D eigenvalue weighted by atomic mass is 10.2. The topological polar surface area (TPSA) is 29.1 Å². The SMILES string of the molecule is O=C(C=Cc1ccc(F)cc1)Nc1cccc(Cl)c1. The summed E-state index contributed by atoms with van der Waals surface area (Å²) >= 11 is 5.81. The Labute approximate surface area is 115 Å². The van der Waals surface area contributed by atoms with Gasteiger partial charge in [0.15, 0.2) is 0 Å². The predicted molar refractivity (Wildman–Crippen MR) is 75.5 cm³/mol. The maximum Gasteiger partial charge on any atom is 0.248 e. The van der Waals surface area contributed by atoms with Crippen molar-refractivity contribution in [3.63, 3.8) is 0 Å². The van der Waals surface area contributed by atoms with Crippen LogP contribution in [0.4, 0.5) is 10.1 Å². The van der Waals surface area contributed by atoms with Gasteiger partial charge in [-0.15, -0.1) is 0 Å². The lowest BCUT2D eigenvalue weighted by molar-refractivity contribution is -0.111. The minimum Gasteiger partial charge on any atom is -0.322 e. The van der Waals surface area contributed by atoms with E-state index in [1.165, 1.54) is 18.2 Å². The van der Waals surface area contributed by atoms with E-state index in [2.05, 4.69) is 5.32 Å². The summed E-state index contributed by atoms with van der Waals surface area (Å²) in [5, 5.41) is 3.24. The fourth-order valence-electron chi connectivity index (χ4n) is 1.50. The highest BCUT2D eigenvalue weighted by Gasteiger charge is 1.98. The van der Waals surface area contributed by atoms with E-state index in [9.17, 15) is 9.18 Å². The molecule has 0 aliphatic heterocycles. The Bertz CT molecular complexity index is 608. The number of rotatable bonds is 3. The van der Waals surface area contributed by atoms with Gasteiger partial charge in [-0.3, -0.25) is 4.79 Å². The Morgan fingerprint density at radius 1 is 1.16 bits per heavy atom. The second-order valence-electron chi connectivity index (χ2n) is 3.88. The monoisotopic (exact) mass is 275 g/mol. The average molecular weight is 276 g/mol. The molecule has 0 fully saturated rings. The standard InChI is InChI=1S/C15H11ClFNO/c16-12-2-1-3-14(10-12)18-15(19)9-6-11-4-7-13(17)8-5-11/h1-10H,(H,18,19). The number of halogens is 2. The van der Waals surface area contributed by atoms with Gasteiger partial charge < -0.3 is 5.32 Å². The van der Waals surface area contributed by atoms with Crippen LogP contribution in [0.25, 0.3) is 6.08 Å². The second kappa shape index (κ2) is 6.16. The van der Waals surface area contributed by atoms with Gasteiger partial charge in [-0.1, -0.05) is 29.8 Å². The van der Waals surface area contributed by atoms with Crippen LogP contribution in [0.15, 0.2) is 54.6 Å². The van der Waals surface area contributed by atoms with Gasteiger partial charge in [0.2, 0.25) is 5.91 Å². The van der Waals surface area contributed by atoms with Gasteiger partial charge in [0.1, 0.15) is 5.82 Å². The van der Waals surface area contributed by atoms with Gasteiger partial charge >= 0.3 is 0 Å². The molecule has 1 amide bonds. The highest BCUT2D eigenvalue weighted by molar-refractivity contribution is 6.30. The normalized spacial score (nSPS) is 10.6.